The van der Waals surface area contributed by atoms with Crippen LogP contribution in [0.15, 0.2) is 83.8 Å². The van der Waals surface area contributed by atoms with Gasteiger partial charge in [0.25, 0.3) is 5.91 Å². The molecule has 0 N–H and O–H groups in total. The molecule has 0 spiro atoms. The van der Waals surface area contributed by atoms with Crippen LogP contribution in [0.2, 0.25) is 0 Å². The Balaban J connectivity index is 1.36. The van der Waals surface area contributed by atoms with Gasteiger partial charge in [-0.2, -0.15) is 0 Å². The predicted molar refractivity (Wildman–Crippen MR) is 153 cm³/mol. The maximum atomic E-state index is 13.2. The maximum Gasteiger partial charge on any atom is 0.270 e. The lowest BCUT2D eigenvalue weighted by molar-refractivity contribution is -0.113. The molecule has 36 heavy (non-hydrogen) atoms. The van der Waals surface area contributed by atoms with E-state index in [9.17, 15) is 4.79 Å². The van der Waals surface area contributed by atoms with Gasteiger partial charge in [-0.05, 0) is 77.2 Å². The van der Waals surface area contributed by atoms with E-state index in [1.165, 1.54) is 28.1 Å². The SMILES string of the molecule is COc1cc(/C=C2/SC(=S)N(c3ccc(C)c(C)c3)C2=O)ccc1OCc1cccc2ccccc12. The predicted octanol–water partition coefficient (Wildman–Crippen LogP) is 7.45. The van der Waals surface area contributed by atoms with E-state index in [1.54, 1.807) is 12.0 Å². The lowest BCUT2D eigenvalue weighted by Gasteiger charge is -2.16. The van der Waals surface area contributed by atoms with Crippen LogP contribution in [0.5, 0.6) is 11.5 Å². The number of aryl methyl sites for hydroxylation is 2. The molecule has 6 heteroatoms. The number of hydrogen-bond acceptors (Lipinski definition) is 5. The number of carbonyl (C=O) groups is 1. The third-order valence-corrected chi connectivity index (χ3v) is 7.59. The molecule has 5 rings (SSSR count). The van der Waals surface area contributed by atoms with Crippen molar-refractivity contribution in [2.75, 3.05) is 12.0 Å². The monoisotopic (exact) mass is 511 g/mol. The summed E-state index contributed by atoms with van der Waals surface area (Å²) in [6.07, 6.45) is 1.84. The molecular weight excluding hydrogens is 486 g/mol. The summed E-state index contributed by atoms with van der Waals surface area (Å²) in [4.78, 5) is 15.4. The quantitative estimate of drug-likeness (QED) is 0.199. The van der Waals surface area contributed by atoms with E-state index >= 15 is 0 Å². The van der Waals surface area contributed by atoms with Crippen molar-refractivity contribution in [2.24, 2.45) is 0 Å². The van der Waals surface area contributed by atoms with E-state index in [-0.39, 0.29) is 5.91 Å². The average Bonchev–Trinajstić information content (AvgIpc) is 3.17. The molecule has 1 amide bonds. The Labute approximate surface area is 220 Å². The van der Waals surface area contributed by atoms with Gasteiger partial charge in [0.2, 0.25) is 0 Å². The number of anilines is 1. The molecule has 0 saturated carbocycles. The van der Waals surface area contributed by atoms with E-state index < -0.39 is 0 Å². The van der Waals surface area contributed by atoms with Crippen molar-refractivity contribution in [3.8, 4) is 11.5 Å². The Hall–Kier alpha value is -3.61. The number of carbonyl (C=O) groups excluding carboxylic acids is 1. The maximum absolute atomic E-state index is 13.2. The summed E-state index contributed by atoms with van der Waals surface area (Å²) in [6, 6.07) is 26.1. The molecule has 4 nitrogen and oxygen atoms in total. The van der Waals surface area contributed by atoms with Gasteiger partial charge in [-0.15, -0.1) is 0 Å². The first kappa shape index (κ1) is 24.1. The molecule has 1 fully saturated rings. The number of rotatable bonds is 6. The summed E-state index contributed by atoms with van der Waals surface area (Å²) in [5.74, 6) is 1.13. The number of nitrogens with zero attached hydrogens (tertiary/aromatic N) is 1. The second-order valence-electron chi connectivity index (χ2n) is 8.62. The Morgan fingerprint density at radius 2 is 1.72 bits per heavy atom. The van der Waals surface area contributed by atoms with E-state index in [1.807, 2.05) is 74.5 Å². The molecule has 4 aromatic rings. The second-order valence-corrected chi connectivity index (χ2v) is 10.3. The van der Waals surface area contributed by atoms with Crippen LogP contribution in [0.1, 0.15) is 22.3 Å². The van der Waals surface area contributed by atoms with Gasteiger partial charge in [0.1, 0.15) is 6.61 Å². The van der Waals surface area contributed by atoms with Crippen molar-refractivity contribution in [1.82, 2.24) is 0 Å². The Morgan fingerprint density at radius 1 is 0.917 bits per heavy atom. The molecule has 1 aliphatic rings. The first-order chi connectivity index (χ1) is 17.4. The number of ether oxygens (including phenoxy) is 2. The minimum atomic E-state index is -0.122. The number of thiocarbonyl (C=S) groups is 1. The summed E-state index contributed by atoms with van der Waals surface area (Å²) in [5, 5.41) is 2.35. The number of methoxy groups -OCH3 is 1. The molecule has 0 aliphatic carbocycles. The van der Waals surface area contributed by atoms with Gasteiger partial charge in [0, 0.05) is 0 Å². The van der Waals surface area contributed by atoms with Gasteiger partial charge in [-0.1, -0.05) is 78.6 Å². The minimum Gasteiger partial charge on any atom is -0.493 e. The van der Waals surface area contributed by atoms with Crippen molar-refractivity contribution in [3.63, 3.8) is 0 Å². The minimum absolute atomic E-state index is 0.122. The van der Waals surface area contributed by atoms with E-state index in [0.29, 0.717) is 27.3 Å². The molecule has 0 bridgehead atoms. The summed E-state index contributed by atoms with van der Waals surface area (Å²) in [5.41, 5.74) is 5.03. The van der Waals surface area contributed by atoms with E-state index in [0.717, 1.165) is 22.4 Å². The summed E-state index contributed by atoms with van der Waals surface area (Å²) in [7, 11) is 1.61. The van der Waals surface area contributed by atoms with E-state index in [4.69, 9.17) is 21.7 Å². The average molecular weight is 512 g/mol. The third kappa shape index (κ3) is 4.74. The fourth-order valence-corrected chi connectivity index (χ4v) is 5.47. The highest BCUT2D eigenvalue weighted by Gasteiger charge is 2.33. The van der Waals surface area contributed by atoms with Crippen molar-refractivity contribution in [1.29, 1.82) is 0 Å². The smallest absolute Gasteiger partial charge is 0.270 e. The van der Waals surface area contributed by atoms with Crippen LogP contribution in [-0.2, 0) is 11.4 Å². The molecule has 180 valence electrons. The molecule has 4 aromatic carbocycles. The molecule has 0 radical (unpaired) electrons. The molecule has 0 unspecified atom stereocenters. The highest BCUT2D eigenvalue weighted by Crippen LogP contribution is 2.38. The Morgan fingerprint density at radius 3 is 2.53 bits per heavy atom. The van der Waals surface area contributed by atoms with Gasteiger partial charge in [-0.25, -0.2) is 0 Å². The lowest BCUT2D eigenvalue weighted by atomic mass is 10.1. The van der Waals surface area contributed by atoms with Crippen LogP contribution < -0.4 is 14.4 Å². The van der Waals surface area contributed by atoms with Crippen LogP contribution in [0.25, 0.3) is 16.8 Å². The summed E-state index contributed by atoms with van der Waals surface area (Å²) < 4.78 is 12.3. The highest BCUT2D eigenvalue weighted by atomic mass is 32.2. The van der Waals surface area contributed by atoms with Gasteiger partial charge >= 0.3 is 0 Å². The topological polar surface area (TPSA) is 38.8 Å². The Kier molecular flexibility index (Phi) is 6.81. The third-order valence-electron chi connectivity index (χ3n) is 6.29. The number of thioether (sulfide) groups is 1. The van der Waals surface area contributed by atoms with Gasteiger partial charge in [-0.3, -0.25) is 9.69 Å². The molecule has 1 heterocycles. The van der Waals surface area contributed by atoms with Crippen molar-refractivity contribution >= 4 is 56.7 Å². The molecule has 1 saturated heterocycles. The number of benzene rings is 4. The standard InChI is InChI=1S/C30H25NO3S2/c1-19-11-13-24(15-20(19)2)31-29(32)28(36-30(31)35)17-21-12-14-26(27(16-21)33-3)34-18-23-9-6-8-22-7-4-5-10-25(22)23/h4-17H,18H2,1-3H3/b28-17+. The molecular formula is C30H25NO3S2. The highest BCUT2D eigenvalue weighted by molar-refractivity contribution is 8.27. The summed E-state index contributed by atoms with van der Waals surface area (Å²) >= 11 is 6.84. The van der Waals surface area contributed by atoms with Gasteiger partial charge in [0.15, 0.2) is 15.8 Å². The number of hydrogen-bond donors (Lipinski definition) is 0. The first-order valence-corrected chi connectivity index (χ1v) is 12.8. The summed E-state index contributed by atoms with van der Waals surface area (Å²) in [6.45, 7) is 4.50. The second kappa shape index (κ2) is 10.2. The zero-order valence-corrected chi connectivity index (χ0v) is 21.9. The van der Waals surface area contributed by atoms with Crippen LogP contribution >= 0.6 is 24.0 Å². The van der Waals surface area contributed by atoms with Gasteiger partial charge in [0.05, 0.1) is 17.7 Å². The van der Waals surface area contributed by atoms with Gasteiger partial charge < -0.3 is 9.47 Å². The lowest BCUT2D eigenvalue weighted by Crippen LogP contribution is -2.27. The molecule has 1 aliphatic heterocycles. The fraction of sp³-hybridized carbons (Fsp3) is 0.133. The molecule has 0 atom stereocenters. The zero-order chi connectivity index (χ0) is 25.2. The van der Waals surface area contributed by atoms with Crippen molar-refractivity contribution in [2.45, 2.75) is 20.5 Å². The van der Waals surface area contributed by atoms with Crippen LogP contribution in [0.4, 0.5) is 5.69 Å². The van der Waals surface area contributed by atoms with Crippen LogP contribution in [-0.4, -0.2) is 17.3 Å². The Bertz CT molecular complexity index is 1520. The zero-order valence-electron chi connectivity index (χ0n) is 20.3. The largest absolute Gasteiger partial charge is 0.493 e. The fourth-order valence-electron chi connectivity index (χ4n) is 4.17. The number of amides is 1. The van der Waals surface area contributed by atoms with E-state index in [2.05, 4.69) is 24.3 Å². The van der Waals surface area contributed by atoms with Crippen molar-refractivity contribution < 1.29 is 14.3 Å². The van der Waals surface area contributed by atoms with Crippen LogP contribution in [0, 0.1) is 13.8 Å². The normalized spacial score (nSPS) is 14.6. The van der Waals surface area contributed by atoms with Crippen LogP contribution in [0.3, 0.4) is 0 Å². The molecule has 0 aromatic heterocycles. The van der Waals surface area contributed by atoms with Crippen molar-refractivity contribution in [3.05, 3.63) is 106 Å². The first-order valence-electron chi connectivity index (χ1n) is 11.6. The number of fused-ring (bicyclic) bond motifs is 1.